The molecule has 3 aliphatic carbocycles. The van der Waals surface area contributed by atoms with E-state index < -0.39 is 21.5 Å². The van der Waals surface area contributed by atoms with Gasteiger partial charge in [-0.05, 0) is 0 Å². The third kappa shape index (κ3) is 3.74. The van der Waals surface area contributed by atoms with E-state index in [1.807, 2.05) is 6.07 Å². The minimum absolute atomic E-state index is 0.0306. The summed E-state index contributed by atoms with van der Waals surface area (Å²) in [6.45, 7) is 0. The number of aryl methyl sites for hydroxylation is 1. The molecular formula is C21H20N7O4Zn. The second kappa shape index (κ2) is 8.18. The quantitative estimate of drug-likeness (QED) is 0.446. The topological polar surface area (TPSA) is 141 Å². The number of nitrogens with zero attached hydrogens (tertiary/aromatic N) is 5. The fourth-order valence-electron chi connectivity index (χ4n) is 4.47. The Labute approximate surface area is 196 Å². The molecule has 12 heteroatoms. The first-order valence-electron chi connectivity index (χ1n) is 10.5. The van der Waals surface area contributed by atoms with Crippen LogP contribution in [0.1, 0.15) is 29.8 Å². The number of hydrogen-bond acceptors (Lipinski definition) is 9. The number of amides is 1. The number of ether oxygens (including phenoxy) is 1. The van der Waals surface area contributed by atoms with E-state index in [2.05, 4.69) is 30.9 Å². The fourth-order valence-corrected chi connectivity index (χ4v) is 5.30. The molecule has 165 valence electrons. The van der Waals surface area contributed by atoms with Crippen LogP contribution >= 0.6 is 0 Å². The second-order valence-corrected chi connectivity index (χ2v) is 10.5. The van der Waals surface area contributed by atoms with Gasteiger partial charge in [-0.2, -0.15) is 0 Å². The first kappa shape index (κ1) is 21.4. The molecule has 3 fully saturated rings. The van der Waals surface area contributed by atoms with Crippen LogP contribution in [0.2, 0.25) is 0 Å². The number of rotatable bonds is 8. The molecule has 2 N–H and O–H groups in total. The number of aromatic nitrogens is 5. The molecule has 33 heavy (non-hydrogen) atoms. The Kier molecular flexibility index (Phi) is 5.32. The molecule has 3 aliphatic rings. The molecule has 3 aromatic rings. The van der Waals surface area contributed by atoms with E-state index in [1.165, 1.54) is 13.2 Å². The van der Waals surface area contributed by atoms with E-state index in [0.717, 1.165) is 19.3 Å². The van der Waals surface area contributed by atoms with Gasteiger partial charge in [0.05, 0.1) is 0 Å². The van der Waals surface area contributed by atoms with E-state index in [4.69, 9.17) is 4.74 Å². The Morgan fingerprint density at radius 3 is 2.61 bits per heavy atom. The van der Waals surface area contributed by atoms with Gasteiger partial charge in [0.25, 0.3) is 0 Å². The molecular weight excluding hydrogens is 480 g/mol. The van der Waals surface area contributed by atoms with Gasteiger partial charge >= 0.3 is 196 Å². The monoisotopic (exact) mass is 498 g/mol. The van der Waals surface area contributed by atoms with Gasteiger partial charge in [0.2, 0.25) is 0 Å². The third-order valence-electron chi connectivity index (χ3n) is 6.28. The molecule has 1 amide bonds. The van der Waals surface area contributed by atoms with E-state index in [9.17, 15) is 13.2 Å². The number of benzene rings is 1. The van der Waals surface area contributed by atoms with Gasteiger partial charge in [-0.1, -0.05) is 0 Å². The third-order valence-corrected chi connectivity index (χ3v) is 7.53. The summed E-state index contributed by atoms with van der Waals surface area (Å²) in [5.74, 6) is 1.75. The standard InChI is InChI=1S/C21H20N7O3.O.Zn/c1-28-11-22-19(27-28)13-4-3-5-14(18(13)31-2)23-15-6-17(26-25-16(15)10-29)24-20(30)21-7-12(8-21)9-21;;/h3-6,11-12H,7-9H2,1-2H3,(H2,23,24,26,30);;. The van der Waals surface area contributed by atoms with Crippen LogP contribution < -0.4 is 15.4 Å². The van der Waals surface area contributed by atoms with Crippen LogP contribution in [-0.4, -0.2) is 42.4 Å². The number of methoxy groups -OCH3 is 1. The van der Waals surface area contributed by atoms with Crippen molar-refractivity contribution in [2.24, 2.45) is 18.4 Å². The maximum atomic E-state index is 12.7. The average Bonchev–Trinajstić information content (AvgIpc) is 3.17. The Hall–Kier alpha value is -3.40. The number of hydrogen-bond donors (Lipinski definition) is 2. The molecule has 0 atom stereocenters. The summed E-state index contributed by atoms with van der Waals surface area (Å²) in [4.78, 5) is 29.2. The summed E-state index contributed by atoms with van der Waals surface area (Å²) >= 11 is -2.70. The van der Waals surface area contributed by atoms with Crippen LogP contribution in [0, 0.1) is 11.3 Å². The summed E-state index contributed by atoms with van der Waals surface area (Å²) in [5, 5.41) is 18.3. The van der Waals surface area contributed by atoms with Crippen LogP contribution in [0.3, 0.4) is 0 Å². The zero-order chi connectivity index (χ0) is 23.2. The van der Waals surface area contributed by atoms with Crippen LogP contribution in [0.15, 0.2) is 30.6 Å². The Balaban J connectivity index is 1.49. The van der Waals surface area contributed by atoms with Crippen molar-refractivity contribution in [3.8, 4) is 17.1 Å². The zero-order valence-electron chi connectivity index (χ0n) is 18.2. The summed E-state index contributed by atoms with van der Waals surface area (Å²) < 4.78 is 18.1. The number of anilines is 3. The molecule has 2 bridgehead atoms. The predicted molar refractivity (Wildman–Crippen MR) is 112 cm³/mol. The molecule has 6 rings (SSSR count). The van der Waals surface area contributed by atoms with E-state index in [0.29, 0.717) is 28.7 Å². The van der Waals surface area contributed by atoms with Gasteiger partial charge in [-0.25, -0.2) is 0 Å². The number of nitrogens with one attached hydrogen (secondary N) is 2. The van der Waals surface area contributed by atoms with Crippen molar-refractivity contribution in [2.45, 2.75) is 19.3 Å². The van der Waals surface area contributed by atoms with E-state index in [1.54, 1.807) is 30.2 Å². The zero-order valence-corrected chi connectivity index (χ0v) is 21.1. The van der Waals surface area contributed by atoms with Crippen molar-refractivity contribution in [3.05, 3.63) is 36.3 Å². The Morgan fingerprint density at radius 1 is 1.21 bits per heavy atom. The summed E-state index contributed by atoms with van der Waals surface area (Å²) in [5.41, 5.74) is 1.15. The van der Waals surface area contributed by atoms with Gasteiger partial charge in [0.15, 0.2) is 0 Å². The minimum atomic E-state index is -2.70. The van der Waals surface area contributed by atoms with Gasteiger partial charge in [-0.3, -0.25) is 0 Å². The van der Waals surface area contributed by atoms with Gasteiger partial charge in [0.1, 0.15) is 0 Å². The van der Waals surface area contributed by atoms with Crippen LogP contribution in [0.4, 0.5) is 17.2 Å². The average molecular weight is 500 g/mol. The van der Waals surface area contributed by atoms with Gasteiger partial charge < -0.3 is 0 Å². The van der Waals surface area contributed by atoms with Crippen molar-refractivity contribution in [1.82, 2.24) is 25.0 Å². The molecule has 0 radical (unpaired) electrons. The molecule has 11 nitrogen and oxygen atoms in total. The Bertz CT molecular complexity index is 1270. The van der Waals surface area contributed by atoms with Crippen LogP contribution in [0.25, 0.3) is 11.4 Å². The molecule has 0 saturated heterocycles. The van der Waals surface area contributed by atoms with Crippen molar-refractivity contribution in [3.63, 3.8) is 0 Å². The van der Waals surface area contributed by atoms with E-state index in [-0.39, 0.29) is 28.5 Å². The molecule has 2 heterocycles. The van der Waals surface area contributed by atoms with Crippen molar-refractivity contribution in [2.75, 3.05) is 17.7 Å². The first-order chi connectivity index (χ1) is 15.9. The molecule has 2 aromatic heterocycles. The first-order valence-corrected chi connectivity index (χ1v) is 13.2. The number of carbonyl (C=O) groups excluding carboxylic acids is 2. The number of para-hydroxylation sites is 1. The molecule has 0 aliphatic heterocycles. The summed E-state index contributed by atoms with van der Waals surface area (Å²) in [7, 11) is 3.29. The molecule has 0 spiro atoms. The fraction of sp³-hybridized carbons (Fsp3) is 0.333. The van der Waals surface area contributed by atoms with Crippen LogP contribution in [-0.2, 0) is 32.5 Å². The predicted octanol–water partition coefficient (Wildman–Crippen LogP) is 2.33. The van der Waals surface area contributed by atoms with Crippen LogP contribution in [0.5, 0.6) is 5.75 Å². The maximum absolute atomic E-state index is 12.7. The summed E-state index contributed by atoms with van der Waals surface area (Å²) in [6.07, 6.45) is 4.30. The van der Waals surface area contributed by atoms with E-state index >= 15 is 0 Å². The second-order valence-electron chi connectivity index (χ2n) is 8.53. The molecule has 0 unspecified atom stereocenters. The van der Waals surface area contributed by atoms with Crippen molar-refractivity contribution < 1.29 is 35.0 Å². The van der Waals surface area contributed by atoms with Crippen molar-refractivity contribution in [1.29, 1.82) is 0 Å². The Morgan fingerprint density at radius 2 is 2.00 bits per heavy atom. The molecule has 3 saturated carbocycles. The number of carbonyl (C=O) groups is 2. The van der Waals surface area contributed by atoms with Gasteiger partial charge in [-0.15, -0.1) is 0 Å². The molecule has 1 aromatic carbocycles. The van der Waals surface area contributed by atoms with Gasteiger partial charge in [0, 0.05) is 0 Å². The summed E-state index contributed by atoms with van der Waals surface area (Å²) in [6, 6.07) is 6.91. The van der Waals surface area contributed by atoms with Crippen molar-refractivity contribution >= 4 is 27.5 Å². The SMILES string of the molecule is COc1c(Nc2cc(NC(=O)C34CC(C3)C4)nnc2[C](=O)[Zn]=[O])cccc1-c1ncn(C)n1. The normalized spacial score (nSPS) is 20.1.